The van der Waals surface area contributed by atoms with Gasteiger partial charge in [0.25, 0.3) is 0 Å². The molecule has 4 aromatic rings. The molecule has 5 heteroatoms. The summed E-state index contributed by atoms with van der Waals surface area (Å²) in [6, 6.07) is 14.4. The van der Waals surface area contributed by atoms with E-state index in [4.69, 9.17) is 0 Å². The summed E-state index contributed by atoms with van der Waals surface area (Å²) in [5.41, 5.74) is 4.29. The van der Waals surface area contributed by atoms with Crippen molar-refractivity contribution in [3.63, 3.8) is 0 Å². The van der Waals surface area contributed by atoms with Gasteiger partial charge in [-0.2, -0.15) is 5.10 Å². The number of carbonyl (C=O) groups is 1. The van der Waals surface area contributed by atoms with Crippen molar-refractivity contribution in [2.75, 3.05) is 6.54 Å². The van der Waals surface area contributed by atoms with Crippen LogP contribution < -0.4 is 0 Å². The van der Waals surface area contributed by atoms with Gasteiger partial charge in [0.2, 0.25) is 5.91 Å². The molecule has 0 radical (unpaired) electrons. The lowest BCUT2D eigenvalue weighted by atomic mass is 9.97. The van der Waals surface area contributed by atoms with Crippen LogP contribution in [0, 0.1) is 0 Å². The highest BCUT2D eigenvalue weighted by molar-refractivity contribution is 5.90. The van der Waals surface area contributed by atoms with Crippen molar-refractivity contribution in [3.8, 4) is 0 Å². The minimum Gasteiger partial charge on any atom is -0.338 e. The zero-order valence-corrected chi connectivity index (χ0v) is 14.3. The van der Waals surface area contributed by atoms with Crippen molar-refractivity contribution in [1.29, 1.82) is 0 Å². The van der Waals surface area contributed by atoms with Crippen LogP contribution in [0.25, 0.3) is 21.8 Å². The molecule has 128 valence electrons. The molecule has 0 saturated carbocycles. The summed E-state index contributed by atoms with van der Waals surface area (Å²) in [7, 11) is 0. The Bertz CT molecular complexity index is 1130. The number of fused-ring (bicyclic) bond motifs is 4. The lowest BCUT2D eigenvalue weighted by Crippen LogP contribution is -2.37. The van der Waals surface area contributed by atoms with Crippen LogP contribution in [0.4, 0.5) is 0 Å². The first-order chi connectivity index (χ1) is 12.8. The minimum absolute atomic E-state index is 0.166. The van der Waals surface area contributed by atoms with Gasteiger partial charge >= 0.3 is 0 Å². The number of pyridine rings is 1. The van der Waals surface area contributed by atoms with Gasteiger partial charge in [0, 0.05) is 24.7 Å². The molecule has 0 atom stereocenters. The summed E-state index contributed by atoms with van der Waals surface area (Å²) in [6.45, 7) is 1.36. The predicted octanol–water partition coefficient (Wildman–Crippen LogP) is 3.24. The third-order valence-corrected chi connectivity index (χ3v) is 5.25. The number of benzene rings is 2. The Hall–Kier alpha value is -3.21. The van der Waals surface area contributed by atoms with Gasteiger partial charge in [0.1, 0.15) is 0 Å². The average Bonchev–Trinajstić information content (AvgIpc) is 3.17. The van der Waals surface area contributed by atoms with E-state index in [-0.39, 0.29) is 5.91 Å². The summed E-state index contributed by atoms with van der Waals surface area (Å²) >= 11 is 0. The molecule has 1 aliphatic rings. The molecule has 0 fully saturated rings. The summed E-state index contributed by atoms with van der Waals surface area (Å²) in [4.78, 5) is 19.3. The van der Waals surface area contributed by atoms with Gasteiger partial charge in [0.05, 0.1) is 12.6 Å². The molecule has 0 bridgehead atoms. The maximum Gasteiger partial charge on any atom is 0.227 e. The Kier molecular flexibility index (Phi) is 3.45. The largest absolute Gasteiger partial charge is 0.338 e. The fourth-order valence-corrected chi connectivity index (χ4v) is 3.89. The van der Waals surface area contributed by atoms with Crippen LogP contribution in [0.1, 0.15) is 16.7 Å². The Labute approximate surface area is 150 Å². The Balaban J connectivity index is 1.41. The topological polar surface area (TPSA) is 61.9 Å². The van der Waals surface area contributed by atoms with Crippen LogP contribution >= 0.6 is 0 Å². The molecular weight excluding hydrogens is 324 g/mol. The molecule has 0 unspecified atom stereocenters. The first kappa shape index (κ1) is 15.1. The molecule has 0 spiro atoms. The second-order valence-electron chi connectivity index (χ2n) is 6.77. The molecule has 0 aliphatic carbocycles. The van der Waals surface area contributed by atoms with Crippen LogP contribution in [0.3, 0.4) is 0 Å². The molecule has 5 rings (SSSR count). The number of nitrogens with one attached hydrogen (secondary N) is 1. The van der Waals surface area contributed by atoms with Crippen LogP contribution in [0.2, 0.25) is 0 Å². The van der Waals surface area contributed by atoms with E-state index in [0.717, 1.165) is 40.5 Å². The minimum atomic E-state index is 0.166. The van der Waals surface area contributed by atoms with Crippen LogP contribution in [0.5, 0.6) is 0 Å². The lowest BCUT2D eigenvalue weighted by molar-refractivity contribution is -0.131. The SMILES string of the molecule is O=C(Cc1cccc2ccccc12)N1CCc2c(cnc3[nH]ncc23)C1. The Morgan fingerprint density at radius 1 is 1.08 bits per heavy atom. The van der Waals surface area contributed by atoms with Crippen molar-refractivity contribution in [2.24, 2.45) is 0 Å². The molecular formula is C21H18N4O. The Morgan fingerprint density at radius 2 is 1.96 bits per heavy atom. The van der Waals surface area contributed by atoms with E-state index < -0.39 is 0 Å². The van der Waals surface area contributed by atoms with Crippen molar-refractivity contribution < 1.29 is 4.79 Å². The first-order valence-electron chi connectivity index (χ1n) is 8.84. The zero-order valence-electron chi connectivity index (χ0n) is 14.3. The van der Waals surface area contributed by atoms with E-state index in [1.54, 1.807) is 0 Å². The van der Waals surface area contributed by atoms with Crippen LogP contribution in [-0.4, -0.2) is 32.5 Å². The van der Waals surface area contributed by atoms with Crippen molar-refractivity contribution >= 4 is 27.7 Å². The quantitative estimate of drug-likeness (QED) is 0.608. The maximum atomic E-state index is 12.9. The van der Waals surface area contributed by atoms with Crippen molar-refractivity contribution in [1.82, 2.24) is 20.1 Å². The van der Waals surface area contributed by atoms with Gasteiger partial charge in [-0.05, 0) is 33.9 Å². The van der Waals surface area contributed by atoms with Gasteiger partial charge in [-0.25, -0.2) is 4.98 Å². The van der Waals surface area contributed by atoms with E-state index in [9.17, 15) is 4.79 Å². The first-order valence-corrected chi connectivity index (χ1v) is 8.84. The summed E-state index contributed by atoms with van der Waals surface area (Å²) in [5, 5.41) is 10.4. The molecule has 0 saturated heterocycles. The van der Waals surface area contributed by atoms with Crippen LogP contribution in [0.15, 0.2) is 54.9 Å². The average molecular weight is 342 g/mol. The number of carbonyl (C=O) groups excluding carboxylic acids is 1. The standard InChI is InChI=1S/C21H18N4O/c26-20(10-15-6-3-5-14-4-1-2-7-17(14)15)25-9-8-18-16(13-25)11-22-21-19(18)12-23-24-21/h1-7,11-12H,8-10,13H2,(H,22,23,24). The third-order valence-electron chi connectivity index (χ3n) is 5.25. The van der Waals surface area contributed by atoms with E-state index in [0.29, 0.717) is 13.0 Å². The van der Waals surface area contributed by atoms with E-state index in [1.165, 1.54) is 10.9 Å². The normalized spacial score (nSPS) is 13.9. The summed E-state index contributed by atoms with van der Waals surface area (Å²) in [6.07, 6.45) is 4.97. The van der Waals surface area contributed by atoms with Gasteiger partial charge in [-0.1, -0.05) is 42.5 Å². The molecule has 3 heterocycles. The molecule has 1 N–H and O–H groups in total. The number of nitrogens with zero attached hydrogens (tertiary/aromatic N) is 3. The van der Waals surface area contributed by atoms with E-state index in [2.05, 4.69) is 39.4 Å². The second kappa shape index (κ2) is 5.95. The highest BCUT2D eigenvalue weighted by Crippen LogP contribution is 2.26. The highest BCUT2D eigenvalue weighted by atomic mass is 16.2. The number of aromatic nitrogens is 3. The second-order valence-corrected chi connectivity index (χ2v) is 6.77. The molecule has 2 aromatic heterocycles. The smallest absolute Gasteiger partial charge is 0.227 e. The molecule has 2 aromatic carbocycles. The molecule has 26 heavy (non-hydrogen) atoms. The van der Waals surface area contributed by atoms with Gasteiger partial charge in [-0.15, -0.1) is 0 Å². The summed E-state index contributed by atoms with van der Waals surface area (Å²) < 4.78 is 0. The number of hydrogen-bond acceptors (Lipinski definition) is 3. The number of rotatable bonds is 2. The third kappa shape index (κ3) is 2.44. The number of hydrogen-bond donors (Lipinski definition) is 1. The zero-order chi connectivity index (χ0) is 17.5. The molecule has 1 aliphatic heterocycles. The predicted molar refractivity (Wildman–Crippen MR) is 101 cm³/mol. The van der Waals surface area contributed by atoms with Gasteiger partial charge in [-0.3, -0.25) is 9.89 Å². The van der Waals surface area contributed by atoms with Crippen LogP contribution in [-0.2, 0) is 24.2 Å². The van der Waals surface area contributed by atoms with Gasteiger partial charge < -0.3 is 4.90 Å². The van der Waals surface area contributed by atoms with Gasteiger partial charge in [0.15, 0.2) is 5.65 Å². The maximum absolute atomic E-state index is 12.9. The fraction of sp³-hybridized carbons (Fsp3) is 0.190. The summed E-state index contributed by atoms with van der Waals surface area (Å²) in [5.74, 6) is 0.166. The van der Waals surface area contributed by atoms with E-state index >= 15 is 0 Å². The monoisotopic (exact) mass is 342 g/mol. The fourth-order valence-electron chi connectivity index (χ4n) is 3.89. The van der Waals surface area contributed by atoms with Crippen molar-refractivity contribution in [3.05, 3.63) is 71.5 Å². The number of amides is 1. The number of aromatic amines is 1. The van der Waals surface area contributed by atoms with E-state index in [1.807, 2.05) is 35.5 Å². The Morgan fingerprint density at radius 3 is 2.92 bits per heavy atom. The molecule has 5 nitrogen and oxygen atoms in total. The number of H-pyrrole nitrogens is 1. The highest BCUT2D eigenvalue weighted by Gasteiger charge is 2.23. The molecule has 1 amide bonds. The van der Waals surface area contributed by atoms with Crippen molar-refractivity contribution in [2.45, 2.75) is 19.4 Å². The lowest BCUT2D eigenvalue weighted by Gasteiger charge is -2.29.